The van der Waals surface area contributed by atoms with Crippen molar-refractivity contribution >= 4 is 11.6 Å². The Kier molecular flexibility index (Phi) is 6.35. The molecule has 0 aromatic heterocycles. The highest BCUT2D eigenvalue weighted by Gasteiger charge is 2.20. The van der Waals surface area contributed by atoms with Gasteiger partial charge in [0.25, 0.3) is 0 Å². The predicted octanol–water partition coefficient (Wildman–Crippen LogP) is 4.71. The average Bonchev–Trinajstić information content (AvgIpc) is 2.36. The fraction of sp³-hybridized carbons (Fsp3) is 0.647. The lowest BCUT2D eigenvalue weighted by Crippen LogP contribution is -2.22. The molecule has 20 heavy (non-hydrogen) atoms. The van der Waals surface area contributed by atoms with Crippen molar-refractivity contribution in [1.82, 2.24) is 0 Å². The summed E-state index contributed by atoms with van der Waals surface area (Å²) in [6.07, 6.45) is 2.72. The number of hydrogen-bond acceptors (Lipinski definition) is 2. The zero-order valence-corrected chi connectivity index (χ0v) is 14.2. The van der Waals surface area contributed by atoms with Crippen LogP contribution in [0.2, 0.25) is 5.02 Å². The second-order valence-electron chi connectivity index (χ2n) is 6.42. The molecule has 0 aliphatic rings. The van der Waals surface area contributed by atoms with Gasteiger partial charge in [-0.3, -0.25) is 0 Å². The highest BCUT2D eigenvalue weighted by atomic mass is 35.5. The summed E-state index contributed by atoms with van der Waals surface area (Å²) < 4.78 is 5.84. The molecule has 2 nitrogen and oxygen atoms in total. The van der Waals surface area contributed by atoms with E-state index in [9.17, 15) is 0 Å². The lowest BCUT2D eigenvalue weighted by Gasteiger charge is -2.23. The first-order valence-electron chi connectivity index (χ1n) is 7.50. The summed E-state index contributed by atoms with van der Waals surface area (Å²) in [5.74, 6) is 0.811. The summed E-state index contributed by atoms with van der Waals surface area (Å²) >= 11 is 6.44. The molecule has 0 saturated heterocycles. The van der Waals surface area contributed by atoms with Crippen LogP contribution in [0, 0.1) is 0 Å². The molecular weight excluding hydrogens is 270 g/mol. The van der Waals surface area contributed by atoms with Gasteiger partial charge in [0, 0.05) is 6.04 Å². The van der Waals surface area contributed by atoms with E-state index in [2.05, 4.69) is 40.7 Å². The topological polar surface area (TPSA) is 35.2 Å². The van der Waals surface area contributed by atoms with Crippen molar-refractivity contribution in [2.24, 2.45) is 5.73 Å². The smallest absolute Gasteiger partial charge is 0.141 e. The molecule has 0 bridgehead atoms. The second-order valence-corrected chi connectivity index (χ2v) is 6.82. The van der Waals surface area contributed by atoms with Crippen LogP contribution in [0.15, 0.2) is 12.1 Å². The zero-order valence-electron chi connectivity index (χ0n) is 13.4. The third-order valence-corrected chi connectivity index (χ3v) is 3.72. The first-order chi connectivity index (χ1) is 9.29. The maximum atomic E-state index is 6.44. The monoisotopic (exact) mass is 297 g/mol. The predicted molar refractivity (Wildman–Crippen MR) is 87.9 cm³/mol. The van der Waals surface area contributed by atoms with Crippen molar-refractivity contribution < 1.29 is 4.74 Å². The molecular formula is C17H28ClNO. The van der Waals surface area contributed by atoms with E-state index in [1.165, 1.54) is 5.56 Å². The fourth-order valence-electron chi connectivity index (χ4n) is 2.03. The Hall–Kier alpha value is -0.730. The van der Waals surface area contributed by atoms with Gasteiger partial charge in [0.2, 0.25) is 0 Å². The van der Waals surface area contributed by atoms with Crippen molar-refractivity contribution in [3.63, 3.8) is 0 Å². The quantitative estimate of drug-likeness (QED) is 0.825. The molecule has 1 atom stereocenters. The summed E-state index contributed by atoms with van der Waals surface area (Å²) in [5, 5.41) is 0.698. The highest BCUT2D eigenvalue weighted by molar-refractivity contribution is 6.32. The molecule has 114 valence electrons. The third-order valence-electron chi connectivity index (χ3n) is 3.44. The SMILES string of the molecule is CCCOc1c(Cl)cc(C(C)(C)C)cc1CC(N)CC. The second kappa shape index (κ2) is 7.33. The molecule has 1 unspecified atom stereocenters. The van der Waals surface area contributed by atoms with Crippen molar-refractivity contribution in [2.45, 2.75) is 65.3 Å². The number of nitrogens with two attached hydrogens (primary N) is 1. The van der Waals surface area contributed by atoms with Crippen LogP contribution in [0.3, 0.4) is 0 Å². The van der Waals surface area contributed by atoms with E-state index in [-0.39, 0.29) is 11.5 Å². The molecule has 0 aliphatic carbocycles. The van der Waals surface area contributed by atoms with Crippen LogP contribution in [0.1, 0.15) is 58.6 Å². The maximum Gasteiger partial charge on any atom is 0.141 e. The van der Waals surface area contributed by atoms with Crippen molar-refractivity contribution in [3.8, 4) is 5.75 Å². The van der Waals surface area contributed by atoms with Crippen molar-refractivity contribution in [2.75, 3.05) is 6.61 Å². The van der Waals surface area contributed by atoms with Gasteiger partial charge in [0.15, 0.2) is 0 Å². The van der Waals surface area contributed by atoms with E-state index in [0.717, 1.165) is 30.6 Å². The molecule has 0 aliphatic heterocycles. The molecule has 3 heteroatoms. The first-order valence-corrected chi connectivity index (χ1v) is 7.88. The van der Waals surface area contributed by atoms with Gasteiger partial charge in [-0.25, -0.2) is 0 Å². The largest absolute Gasteiger partial charge is 0.492 e. The molecule has 1 aromatic carbocycles. The van der Waals surface area contributed by atoms with E-state index >= 15 is 0 Å². The summed E-state index contributed by atoms with van der Waals surface area (Å²) in [5.41, 5.74) is 8.54. The van der Waals surface area contributed by atoms with Gasteiger partial charge in [-0.15, -0.1) is 0 Å². The average molecular weight is 298 g/mol. The van der Waals surface area contributed by atoms with Crippen LogP contribution >= 0.6 is 11.6 Å². The summed E-state index contributed by atoms with van der Waals surface area (Å²) in [6, 6.07) is 4.37. The Labute approximate surface area is 128 Å². The van der Waals surface area contributed by atoms with Crippen LogP contribution in [-0.4, -0.2) is 12.6 Å². The van der Waals surface area contributed by atoms with E-state index in [4.69, 9.17) is 22.1 Å². The molecule has 0 spiro atoms. The number of benzene rings is 1. The van der Waals surface area contributed by atoms with E-state index in [1.54, 1.807) is 0 Å². The third kappa shape index (κ3) is 4.68. The molecule has 0 fully saturated rings. The first kappa shape index (κ1) is 17.3. The van der Waals surface area contributed by atoms with Gasteiger partial charge >= 0.3 is 0 Å². The number of halogens is 1. The number of hydrogen-bond donors (Lipinski definition) is 1. The van der Waals surface area contributed by atoms with Crippen LogP contribution in [-0.2, 0) is 11.8 Å². The summed E-state index contributed by atoms with van der Waals surface area (Å²) in [4.78, 5) is 0. The number of rotatable bonds is 6. The molecule has 0 amide bonds. The summed E-state index contributed by atoms with van der Waals surface area (Å²) in [7, 11) is 0. The lowest BCUT2D eigenvalue weighted by atomic mass is 9.85. The zero-order chi connectivity index (χ0) is 15.3. The van der Waals surface area contributed by atoms with Crippen molar-refractivity contribution in [1.29, 1.82) is 0 Å². The Morgan fingerprint density at radius 1 is 1.25 bits per heavy atom. The Bertz CT molecular complexity index is 437. The minimum absolute atomic E-state index is 0.0674. The minimum Gasteiger partial charge on any atom is -0.492 e. The standard InChI is InChI=1S/C17H28ClNO/c1-6-8-20-16-12(10-14(19)7-2)9-13(11-15(16)18)17(3,4)5/h9,11,14H,6-8,10,19H2,1-5H3. The van der Waals surface area contributed by atoms with Gasteiger partial charge in [-0.1, -0.05) is 52.3 Å². The van der Waals surface area contributed by atoms with Gasteiger partial charge in [-0.05, 0) is 41.9 Å². The Morgan fingerprint density at radius 2 is 1.90 bits per heavy atom. The van der Waals surface area contributed by atoms with Gasteiger partial charge in [-0.2, -0.15) is 0 Å². The maximum absolute atomic E-state index is 6.44. The molecule has 0 saturated carbocycles. The molecule has 0 heterocycles. The Morgan fingerprint density at radius 3 is 2.40 bits per heavy atom. The lowest BCUT2D eigenvalue weighted by molar-refractivity contribution is 0.313. The van der Waals surface area contributed by atoms with Crippen LogP contribution < -0.4 is 10.5 Å². The Balaban J connectivity index is 3.20. The van der Waals surface area contributed by atoms with E-state index in [1.807, 2.05) is 6.07 Å². The van der Waals surface area contributed by atoms with Crippen molar-refractivity contribution in [3.05, 3.63) is 28.3 Å². The van der Waals surface area contributed by atoms with Crippen LogP contribution in [0.5, 0.6) is 5.75 Å². The number of ether oxygens (including phenoxy) is 1. The molecule has 1 rings (SSSR count). The fourth-order valence-corrected chi connectivity index (χ4v) is 2.32. The van der Waals surface area contributed by atoms with Crippen LogP contribution in [0.25, 0.3) is 0 Å². The molecule has 2 N–H and O–H groups in total. The van der Waals surface area contributed by atoms with Crippen LogP contribution in [0.4, 0.5) is 0 Å². The van der Waals surface area contributed by atoms with Gasteiger partial charge < -0.3 is 10.5 Å². The molecule has 1 aromatic rings. The summed E-state index contributed by atoms with van der Waals surface area (Å²) in [6.45, 7) is 11.4. The minimum atomic E-state index is 0.0674. The van der Waals surface area contributed by atoms with Gasteiger partial charge in [0.05, 0.1) is 11.6 Å². The molecule has 0 radical (unpaired) electrons. The normalized spacial score (nSPS) is 13.3. The highest BCUT2D eigenvalue weighted by Crippen LogP contribution is 2.35. The van der Waals surface area contributed by atoms with E-state index < -0.39 is 0 Å². The van der Waals surface area contributed by atoms with Gasteiger partial charge in [0.1, 0.15) is 5.75 Å². The van der Waals surface area contributed by atoms with E-state index in [0.29, 0.717) is 11.6 Å².